The topological polar surface area (TPSA) is 69.0 Å². The van der Waals surface area contributed by atoms with E-state index in [0.29, 0.717) is 29.1 Å². The van der Waals surface area contributed by atoms with E-state index in [2.05, 4.69) is 28.2 Å². The summed E-state index contributed by atoms with van der Waals surface area (Å²) in [5.41, 5.74) is 3.25. The first kappa shape index (κ1) is 22.9. The first-order valence-corrected chi connectivity index (χ1v) is 11.2. The number of carbonyl (C=O) groups is 1. The smallest absolute Gasteiger partial charge is 0.230 e. The van der Waals surface area contributed by atoms with Crippen LogP contribution < -0.4 is 10.1 Å². The number of aromatic nitrogens is 3. The Balaban J connectivity index is 1.57. The number of halogens is 1. The second kappa shape index (κ2) is 11.0. The average molecular weight is 457 g/mol. The third-order valence-corrected chi connectivity index (χ3v) is 5.75. The lowest BCUT2D eigenvalue weighted by atomic mass is 10.1. The van der Waals surface area contributed by atoms with E-state index in [1.165, 1.54) is 17.3 Å². The maximum Gasteiger partial charge on any atom is 0.230 e. The van der Waals surface area contributed by atoms with Crippen molar-refractivity contribution in [2.45, 2.75) is 38.7 Å². The third kappa shape index (κ3) is 6.60. The van der Waals surface area contributed by atoms with Crippen molar-refractivity contribution in [1.82, 2.24) is 20.1 Å². The first-order valence-electron chi connectivity index (χ1n) is 9.83. The van der Waals surface area contributed by atoms with Crippen molar-refractivity contribution in [1.29, 1.82) is 0 Å². The van der Waals surface area contributed by atoms with Gasteiger partial charge >= 0.3 is 0 Å². The molecule has 1 aromatic heterocycles. The third-order valence-electron chi connectivity index (χ3n) is 4.53. The minimum atomic E-state index is -0.0822. The first-order chi connectivity index (χ1) is 15.0. The van der Waals surface area contributed by atoms with E-state index < -0.39 is 0 Å². The highest BCUT2D eigenvalue weighted by Crippen LogP contribution is 2.22. The summed E-state index contributed by atoms with van der Waals surface area (Å²) in [7, 11) is 0. The molecule has 0 bridgehead atoms. The Hall–Kier alpha value is -2.77. The van der Waals surface area contributed by atoms with Gasteiger partial charge in [0, 0.05) is 18.1 Å². The lowest BCUT2D eigenvalue weighted by Crippen LogP contribution is -2.24. The van der Waals surface area contributed by atoms with Gasteiger partial charge in [-0.05, 0) is 43.2 Å². The van der Waals surface area contributed by atoms with Crippen molar-refractivity contribution >= 4 is 29.3 Å². The van der Waals surface area contributed by atoms with Gasteiger partial charge in [0.1, 0.15) is 12.4 Å². The van der Waals surface area contributed by atoms with E-state index >= 15 is 0 Å². The summed E-state index contributed by atoms with van der Waals surface area (Å²) in [4.78, 5) is 12.2. The molecular formula is C23H25ClN4O2S. The molecule has 6 nitrogen and oxygen atoms in total. The van der Waals surface area contributed by atoms with E-state index in [9.17, 15) is 4.79 Å². The number of rotatable bonds is 10. The normalized spacial score (nSPS) is 10.7. The number of amides is 1. The van der Waals surface area contributed by atoms with Crippen molar-refractivity contribution in [2.24, 2.45) is 0 Å². The van der Waals surface area contributed by atoms with E-state index in [4.69, 9.17) is 16.3 Å². The summed E-state index contributed by atoms with van der Waals surface area (Å²) < 4.78 is 7.85. The Morgan fingerprint density at radius 3 is 2.71 bits per heavy atom. The molecule has 0 unspecified atom stereocenters. The predicted molar refractivity (Wildman–Crippen MR) is 124 cm³/mol. The number of hydrogen-bond acceptors (Lipinski definition) is 5. The largest absolute Gasteiger partial charge is 0.485 e. The Bertz CT molecular complexity index is 1050. The van der Waals surface area contributed by atoms with E-state index in [-0.39, 0.29) is 18.3 Å². The number of hydrogen-bond donors (Lipinski definition) is 1. The maximum absolute atomic E-state index is 12.2. The van der Waals surface area contributed by atoms with Crippen LogP contribution in [0.25, 0.3) is 0 Å². The highest BCUT2D eigenvalue weighted by molar-refractivity contribution is 7.99. The van der Waals surface area contributed by atoms with Crippen LogP contribution in [0.3, 0.4) is 0 Å². The Morgan fingerprint density at radius 1 is 1.23 bits per heavy atom. The summed E-state index contributed by atoms with van der Waals surface area (Å²) in [6, 6.07) is 13.4. The van der Waals surface area contributed by atoms with Gasteiger partial charge in [0.15, 0.2) is 11.0 Å². The van der Waals surface area contributed by atoms with Crippen molar-refractivity contribution in [3.05, 3.63) is 82.7 Å². The van der Waals surface area contributed by atoms with Crippen LogP contribution in [0.4, 0.5) is 0 Å². The van der Waals surface area contributed by atoms with E-state index in [1.807, 2.05) is 42.7 Å². The molecule has 0 spiro atoms. The molecule has 0 aliphatic heterocycles. The van der Waals surface area contributed by atoms with Crippen LogP contribution in [-0.4, -0.2) is 26.4 Å². The van der Waals surface area contributed by atoms with Gasteiger partial charge in [-0.15, -0.1) is 16.8 Å². The number of nitrogens with zero attached hydrogens (tertiary/aromatic N) is 3. The van der Waals surface area contributed by atoms with Crippen molar-refractivity contribution < 1.29 is 9.53 Å². The van der Waals surface area contributed by atoms with Crippen LogP contribution in [0.5, 0.6) is 5.75 Å². The zero-order chi connectivity index (χ0) is 22.2. The second-order valence-corrected chi connectivity index (χ2v) is 8.43. The van der Waals surface area contributed by atoms with Crippen LogP contribution in [0.2, 0.25) is 5.02 Å². The highest BCUT2D eigenvalue weighted by atomic mass is 35.5. The maximum atomic E-state index is 12.2. The fraction of sp³-hybridized carbons (Fsp3) is 0.261. The molecule has 1 heterocycles. The second-order valence-electron chi connectivity index (χ2n) is 7.05. The molecule has 3 aromatic rings. The van der Waals surface area contributed by atoms with Crippen LogP contribution in [0.1, 0.15) is 22.5 Å². The molecule has 1 N–H and O–H groups in total. The van der Waals surface area contributed by atoms with Gasteiger partial charge in [0.25, 0.3) is 0 Å². The summed E-state index contributed by atoms with van der Waals surface area (Å²) in [5.74, 6) is 1.65. The van der Waals surface area contributed by atoms with Crippen molar-refractivity contribution in [3.63, 3.8) is 0 Å². The molecule has 0 saturated heterocycles. The van der Waals surface area contributed by atoms with Crippen molar-refractivity contribution in [3.8, 4) is 5.75 Å². The molecule has 1 amide bonds. The van der Waals surface area contributed by atoms with Gasteiger partial charge in [0.05, 0.1) is 5.75 Å². The molecule has 0 fully saturated rings. The number of nitrogens with one attached hydrogen (secondary N) is 1. The number of thioether (sulfide) groups is 1. The summed E-state index contributed by atoms with van der Waals surface area (Å²) >= 11 is 7.22. The van der Waals surface area contributed by atoms with Crippen LogP contribution in [0.15, 0.2) is 60.3 Å². The number of carbonyl (C=O) groups excluding carboxylic acids is 1. The van der Waals surface area contributed by atoms with Crippen LogP contribution in [0, 0.1) is 13.8 Å². The van der Waals surface area contributed by atoms with E-state index in [1.54, 1.807) is 18.2 Å². The minimum absolute atomic E-state index is 0.0822. The Labute approximate surface area is 191 Å². The summed E-state index contributed by atoms with van der Waals surface area (Å²) in [5, 5.41) is 12.7. The van der Waals surface area contributed by atoms with Gasteiger partial charge in [-0.2, -0.15) is 0 Å². The van der Waals surface area contributed by atoms with Gasteiger partial charge < -0.3 is 10.1 Å². The standard InChI is InChI=1S/C23H25ClN4O2S/c1-4-11-28-21(14-30-20-10-5-16(2)12-17(20)3)26-27-23(28)31-15-22(29)25-13-18-6-8-19(24)9-7-18/h4-10,12H,1,11,13-15H2,2-3H3,(H,25,29). The van der Waals surface area contributed by atoms with Gasteiger partial charge in [0.2, 0.25) is 5.91 Å². The number of allylic oxidation sites excluding steroid dienone is 1. The summed E-state index contributed by atoms with van der Waals surface area (Å²) in [6.45, 7) is 9.14. The van der Waals surface area contributed by atoms with Gasteiger partial charge in [-0.3, -0.25) is 9.36 Å². The molecule has 0 radical (unpaired) electrons. The molecule has 8 heteroatoms. The number of benzene rings is 2. The zero-order valence-corrected chi connectivity index (χ0v) is 19.2. The molecule has 162 valence electrons. The molecule has 3 rings (SSSR count). The van der Waals surface area contributed by atoms with Crippen molar-refractivity contribution in [2.75, 3.05) is 5.75 Å². The molecule has 0 aliphatic carbocycles. The molecule has 31 heavy (non-hydrogen) atoms. The quantitative estimate of drug-likeness (QED) is 0.353. The van der Waals surface area contributed by atoms with Gasteiger partial charge in [-0.1, -0.05) is 59.3 Å². The Kier molecular flexibility index (Phi) is 8.14. The lowest BCUT2D eigenvalue weighted by molar-refractivity contribution is -0.118. The molecule has 2 aromatic carbocycles. The lowest BCUT2D eigenvalue weighted by Gasteiger charge is -2.11. The fourth-order valence-electron chi connectivity index (χ4n) is 2.93. The molecular weight excluding hydrogens is 432 g/mol. The zero-order valence-electron chi connectivity index (χ0n) is 17.6. The van der Waals surface area contributed by atoms with Crippen LogP contribution >= 0.6 is 23.4 Å². The molecule has 0 aliphatic rings. The predicted octanol–water partition coefficient (Wildman–Crippen LogP) is 4.72. The number of ether oxygens (including phenoxy) is 1. The average Bonchev–Trinajstić information content (AvgIpc) is 3.13. The Morgan fingerprint density at radius 2 is 2.00 bits per heavy atom. The molecule has 0 saturated carbocycles. The molecule has 0 atom stereocenters. The number of aryl methyl sites for hydroxylation is 2. The minimum Gasteiger partial charge on any atom is -0.485 e. The fourth-order valence-corrected chi connectivity index (χ4v) is 3.86. The SMILES string of the molecule is C=CCn1c(COc2ccc(C)cc2C)nnc1SCC(=O)NCc1ccc(Cl)cc1. The van der Waals surface area contributed by atoms with Gasteiger partial charge in [-0.25, -0.2) is 0 Å². The highest BCUT2D eigenvalue weighted by Gasteiger charge is 2.14. The van der Waals surface area contributed by atoms with E-state index in [0.717, 1.165) is 16.9 Å². The summed E-state index contributed by atoms with van der Waals surface area (Å²) in [6.07, 6.45) is 1.77. The monoisotopic (exact) mass is 456 g/mol. The van der Waals surface area contributed by atoms with Crippen LogP contribution in [-0.2, 0) is 24.5 Å².